The monoisotopic (exact) mass is 789 g/mol. The maximum absolute atomic E-state index is 6.92. The summed E-state index contributed by atoms with van der Waals surface area (Å²) < 4.78 is 6.92. The molecule has 0 unspecified atom stereocenters. The van der Waals surface area contributed by atoms with Gasteiger partial charge in [0.15, 0.2) is 0 Å². The molecule has 290 valence electrons. The lowest BCUT2D eigenvalue weighted by molar-refractivity contribution is 0.674. The average molecular weight is 790 g/mol. The predicted molar refractivity (Wildman–Crippen MR) is 263 cm³/mol. The van der Waals surface area contributed by atoms with Crippen LogP contribution in [-0.2, 0) is 0 Å². The Hall–Kier alpha value is -8.20. The molecule has 1 heterocycles. The molecule has 0 atom stereocenters. The summed E-state index contributed by atoms with van der Waals surface area (Å²) in [6.07, 6.45) is 0. The summed E-state index contributed by atoms with van der Waals surface area (Å²) in [5, 5.41) is 9.55. The molecule has 0 fully saturated rings. The molecule has 62 heavy (non-hydrogen) atoms. The van der Waals surface area contributed by atoms with E-state index in [9.17, 15) is 0 Å². The minimum absolute atomic E-state index is 0.887. The van der Waals surface area contributed by atoms with Crippen molar-refractivity contribution in [3.63, 3.8) is 0 Å². The summed E-state index contributed by atoms with van der Waals surface area (Å²) in [6, 6.07) is 85.3. The van der Waals surface area contributed by atoms with Crippen molar-refractivity contribution in [3.05, 3.63) is 237 Å². The van der Waals surface area contributed by atoms with E-state index in [0.29, 0.717) is 0 Å². The zero-order chi connectivity index (χ0) is 41.0. The first-order valence-electron chi connectivity index (χ1n) is 21.2. The largest absolute Gasteiger partial charge is 0.455 e. The van der Waals surface area contributed by atoms with Crippen molar-refractivity contribution >= 4 is 71.3 Å². The van der Waals surface area contributed by atoms with E-state index < -0.39 is 0 Å². The van der Waals surface area contributed by atoms with Gasteiger partial charge in [-0.2, -0.15) is 0 Å². The van der Waals surface area contributed by atoms with Gasteiger partial charge in [0, 0.05) is 38.7 Å². The Balaban J connectivity index is 1.02. The van der Waals surface area contributed by atoms with Crippen LogP contribution in [0.4, 0.5) is 17.1 Å². The first-order chi connectivity index (χ1) is 30.7. The minimum atomic E-state index is 0.887. The van der Waals surface area contributed by atoms with Gasteiger partial charge in [0.25, 0.3) is 0 Å². The molecule has 0 radical (unpaired) electrons. The molecule has 0 amide bonds. The first kappa shape index (κ1) is 35.7. The highest BCUT2D eigenvalue weighted by Gasteiger charge is 2.21. The molecular formula is C60H39NO. The maximum Gasteiger partial charge on any atom is 0.143 e. The fourth-order valence-electron chi connectivity index (χ4n) is 9.46. The zero-order valence-corrected chi connectivity index (χ0v) is 33.9. The first-order valence-corrected chi connectivity index (χ1v) is 21.2. The summed E-state index contributed by atoms with van der Waals surface area (Å²) in [5.41, 5.74) is 14.3. The summed E-state index contributed by atoms with van der Waals surface area (Å²) in [7, 11) is 0. The van der Waals surface area contributed by atoms with Gasteiger partial charge in [0.1, 0.15) is 11.2 Å². The van der Waals surface area contributed by atoms with Gasteiger partial charge in [0.05, 0.1) is 5.69 Å². The lowest BCUT2D eigenvalue weighted by Crippen LogP contribution is -2.11. The molecule has 0 bridgehead atoms. The molecule has 1 aromatic heterocycles. The van der Waals surface area contributed by atoms with E-state index in [2.05, 4.69) is 241 Å². The molecule has 0 aliphatic heterocycles. The highest BCUT2D eigenvalue weighted by atomic mass is 16.3. The summed E-state index contributed by atoms with van der Waals surface area (Å²) in [4.78, 5) is 2.39. The Bertz CT molecular complexity index is 3620. The number of para-hydroxylation sites is 2. The van der Waals surface area contributed by atoms with Crippen LogP contribution in [0.3, 0.4) is 0 Å². The normalized spacial score (nSPS) is 11.5. The van der Waals surface area contributed by atoms with Crippen molar-refractivity contribution in [1.29, 1.82) is 0 Å². The van der Waals surface area contributed by atoms with Crippen LogP contribution < -0.4 is 4.90 Å². The second-order valence-electron chi connectivity index (χ2n) is 16.0. The average Bonchev–Trinajstić information content (AvgIpc) is 3.75. The molecule has 0 spiro atoms. The molecule has 12 aromatic rings. The number of rotatable bonds is 7. The van der Waals surface area contributed by atoms with Crippen LogP contribution in [0.25, 0.3) is 98.8 Å². The van der Waals surface area contributed by atoms with Gasteiger partial charge in [-0.05, 0) is 109 Å². The van der Waals surface area contributed by atoms with E-state index in [0.717, 1.165) is 61.1 Å². The molecule has 11 aromatic carbocycles. The molecule has 2 nitrogen and oxygen atoms in total. The van der Waals surface area contributed by atoms with E-state index in [-0.39, 0.29) is 0 Å². The third-order valence-electron chi connectivity index (χ3n) is 12.5. The van der Waals surface area contributed by atoms with E-state index in [1.807, 2.05) is 0 Å². The number of fused-ring (bicyclic) bond motifs is 8. The van der Waals surface area contributed by atoms with E-state index in [1.165, 1.54) is 54.7 Å². The van der Waals surface area contributed by atoms with E-state index >= 15 is 0 Å². The molecule has 0 N–H and O–H groups in total. The Morgan fingerprint density at radius 3 is 1.56 bits per heavy atom. The van der Waals surface area contributed by atoms with Crippen LogP contribution >= 0.6 is 0 Å². The third kappa shape index (κ3) is 6.04. The Labute approximate surface area is 360 Å². The van der Waals surface area contributed by atoms with Gasteiger partial charge in [-0.1, -0.05) is 188 Å². The van der Waals surface area contributed by atoms with Gasteiger partial charge < -0.3 is 9.32 Å². The second kappa shape index (κ2) is 14.8. The van der Waals surface area contributed by atoms with Gasteiger partial charge in [-0.3, -0.25) is 0 Å². The number of furan rings is 1. The maximum atomic E-state index is 6.92. The second-order valence-corrected chi connectivity index (χ2v) is 16.0. The third-order valence-corrected chi connectivity index (χ3v) is 12.5. The Kier molecular flexibility index (Phi) is 8.53. The number of anilines is 3. The fraction of sp³-hybridized carbons (Fsp3) is 0. The van der Waals surface area contributed by atoms with E-state index in [1.54, 1.807) is 0 Å². The van der Waals surface area contributed by atoms with Crippen molar-refractivity contribution in [3.8, 4) is 44.5 Å². The summed E-state index contributed by atoms with van der Waals surface area (Å²) >= 11 is 0. The SMILES string of the molecule is c1ccc(-c2cccc(-c3ccc(N(c4ccc(-c5cc6ccccc6c6ccccc56)cc4)c4ccccc4-c4cccc5c4oc4c6ccccc6ccc54)cc3)c2)cc1. The minimum Gasteiger partial charge on any atom is -0.455 e. The molecule has 12 rings (SSSR count). The Morgan fingerprint density at radius 1 is 0.258 bits per heavy atom. The molecule has 0 aliphatic carbocycles. The quantitative estimate of drug-likeness (QED) is 0.150. The van der Waals surface area contributed by atoms with Crippen LogP contribution in [0.15, 0.2) is 241 Å². The van der Waals surface area contributed by atoms with Crippen molar-refractivity contribution in [2.75, 3.05) is 4.90 Å². The summed E-state index contributed by atoms with van der Waals surface area (Å²) in [6.45, 7) is 0. The van der Waals surface area contributed by atoms with Gasteiger partial charge in [0.2, 0.25) is 0 Å². The smallest absolute Gasteiger partial charge is 0.143 e. The van der Waals surface area contributed by atoms with Crippen molar-refractivity contribution in [2.24, 2.45) is 0 Å². The predicted octanol–water partition coefficient (Wildman–Crippen LogP) is 17.2. The number of benzene rings is 11. The van der Waals surface area contributed by atoms with Crippen molar-refractivity contribution in [1.82, 2.24) is 0 Å². The van der Waals surface area contributed by atoms with Crippen LogP contribution in [0.1, 0.15) is 0 Å². The number of nitrogens with zero attached hydrogens (tertiary/aromatic N) is 1. The van der Waals surface area contributed by atoms with Gasteiger partial charge >= 0.3 is 0 Å². The molecule has 0 saturated carbocycles. The number of hydrogen-bond donors (Lipinski definition) is 0. The molecule has 0 aliphatic rings. The van der Waals surface area contributed by atoms with Crippen LogP contribution in [-0.4, -0.2) is 0 Å². The summed E-state index contributed by atoms with van der Waals surface area (Å²) in [5.74, 6) is 0. The molecule has 0 saturated heterocycles. The van der Waals surface area contributed by atoms with Crippen molar-refractivity contribution in [2.45, 2.75) is 0 Å². The molecular weight excluding hydrogens is 751 g/mol. The van der Waals surface area contributed by atoms with Crippen LogP contribution in [0.5, 0.6) is 0 Å². The highest BCUT2D eigenvalue weighted by Crippen LogP contribution is 2.46. The Morgan fingerprint density at radius 2 is 0.790 bits per heavy atom. The van der Waals surface area contributed by atoms with Gasteiger partial charge in [-0.15, -0.1) is 0 Å². The molecule has 2 heteroatoms. The lowest BCUT2D eigenvalue weighted by atomic mass is 9.93. The van der Waals surface area contributed by atoms with Crippen LogP contribution in [0, 0.1) is 0 Å². The lowest BCUT2D eigenvalue weighted by Gasteiger charge is -2.28. The van der Waals surface area contributed by atoms with Crippen molar-refractivity contribution < 1.29 is 4.42 Å². The standard InChI is InChI=1S/C60H39NO/c1-2-14-40(15-3-1)44-18-12-19-45(38-44)41-28-33-47(34-29-41)61(48-35-30-43(31-36-48)57-39-46-17-5-6-20-49(46)51-22-8-9-23-52(51)57)58-27-11-10-24-53(58)54-25-13-26-55-56-37-32-42-16-4-7-21-50(42)59(56)62-60(54)55/h1-39H. The van der Waals surface area contributed by atoms with E-state index in [4.69, 9.17) is 4.42 Å². The van der Waals surface area contributed by atoms with Gasteiger partial charge in [-0.25, -0.2) is 0 Å². The van der Waals surface area contributed by atoms with Crippen LogP contribution in [0.2, 0.25) is 0 Å². The zero-order valence-electron chi connectivity index (χ0n) is 33.9. The number of hydrogen-bond acceptors (Lipinski definition) is 2. The highest BCUT2D eigenvalue weighted by molar-refractivity contribution is 6.18. The topological polar surface area (TPSA) is 16.4 Å². The fourth-order valence-corrected chi connectivity index (χ4v) is 9.46.